The molecule has 3 N–H and O–H groups in total. The summed E-state index contributed by atoms with van der Waals surface area (Å²) in [6.07, 6.45) is 2.30. The van der Waals surface area contributed by atoms with Crippen molar-refractivity contribution in [2.75, 3.05) is 19.7 Å². The molecule has 1 aliphatic carbocycles. The van der Waals surface area contributed by atoms with Gasteiger partial charge < -0.3 is 20.4 Å². The first kappa shape index (κ1) is 18.6. The second-order valence-electron chi connectivity index (χ2n) is 7.37. The van der Waals surface area contributed by atoms with Crippen LogP contribution in [0, 0.1) is 5.92 Å². The molecule has 2 amide bonds. The smallest absolute Gasteiger partial charge is 0.317 e. The summed E-state index contributed by atoms with van der Waals surface area (Å²) in [5.41, 5.74) is -1.10. The van der Waals surface area contributed by atoms with Gasteiger partial charge >= 0.3 is 12.0 Å². The number of hydrogen-bond acceptors (Lipinski definition) is 3. The van der Waals surface area contributed by atoms with E-state index in [1.807, 2.05) is 30.3 Å². The first-order valence-electron chi connectivity index (χ1n) is 9.06. The van der Waals surface area contributed by atoms with Crippen molar-refractivity contribution >= 4 is 12.0 Å². The van der Waals surface area contributed by atoms with E-state index >= 15 is 4.39 Å². The number of benzene rings is 1. The summed E-state index contributed by atoms with van der Waals surface area (Å²) < 4.78 is 15.2. The second-order valence-corrected chi connectivity index (χ2v) is 7.37. The highest BCUT2D eigenvalue weighted by atomic mass is 19.1. The van der Waals surface area contributed by atoms with Crippen molar-refractivity contribution in [3.05, 3.63) is 35.9 Å². The third-order valence-electron chi connectivity index (χ3n) is 5.64. The predicted octanol–water partition coefficient (Wildman–Crippen LogP) is 2.14. The summed E-state index contributed by atoms with van der Waals surface area (Å²) in [5.74, 6) is -1.70. The van der Waals surface area contributed by atoms with Crippen molar-refractivity contribution in [3.63, 3.8) is 0 Å². The molecule has 26 heavy (non-hydrogen) atoms. The highest BCUT2D eigenvalue weighted by Crippen LogP contribution is 2.39. The van der Waals surface area contributed by atoms with Gasteiger partial charge in [-0.25, -0.2) is 9.18 Å². The van der Waals surface area contributed by atoms with Gasteiger partial charge in [-0.05, 0) is 31.2 Å². The lowest BCUT2D eigenvalue weighted by atomic mass is 9.86. The quantitative estimate of drug-likeness (QED) is 0.764. The van der Waals surface area contributed by atoms with E-state index in [0.29, 0.717) is 25.7 Å². The topological polar surface area (TPSA) is 89.9 Å². The maximum Gasteiger partial charge on any atom is 0.317 e. The van der Waals surface area contributed by atoms with Crippen LogP contribution in [0.1, 0.15) is 37.2 Å². The number of urea groups is 1. The monoisotopic (exact) mass is 364 g/mol. The SMILES string of the molecule is O=C(O)C1CCC(NC(=O)N2CC(c3ccccc3)C(F)(CO)C2)CC1. The van der Waals surface area contributed by atoms with Crippen molar-refractivity contribution < 1.29 is 24.2 Å². The maximum atomic E-state index is 15.2. The van der Waals surface area contributed by atoms with Crippen LogP contribution in [0.15, 0.2) is 30.3 Å². The zero-order valence-corrected chi connectivity index (χ0v) is 14.6. The number of aliphatic hydroxyl groups is 1. The van der Waals surface area contributed by atoms with Crippen LogP contribution in [-0.4, -0.2) is 58.5 Å². The van der Waals surface area contributed by atoms with E-state index in [4.69, 9.17) is 5.11 Å². The Bertz CT molecular complexity index is 648. The number of amides is 2. The van der Waals surface area contributed by atoms with Crippen LogP contribution in [0.4, 0.5) is 9.18 Å². The molecule has 2 fully saturated rings. The molecule has 1 heterocycles. The summed E-state index contributed by atoms with van der Waals surface area (Å²) in [4.78, 5) is 25.0. The average Bonchev–Trinajstić information content (AvgIpc) is 3.01. The highest BCUT2D eigenvalue weighted by molar-refractivity contribution is 5.75. The standard InChI is InChI=1S/C19H25FN2O4/c20-19(12-23)11-22(10-16(19)13-4-2-1-3-5-13)18(26)21-15-8-6-14(7-9-15)17(24)25/h1-5,14-16,23H,6-12H2,(H,21,26)(H,24,25). The Morgan fingerprint density at radius 2 is 1.85 bits per heavy atom. The van der Waals surface area contributed by atoms with Crippen molar-refractivity contribution in [2.45, 2.75) is 43.3 Å². The first-order chi connectivity index (χ1) is 12.4. The van der Waals surface area contributed by atoms with Crippen molar-refractivity contribution in [2.24, 2.45) is 5.92 Å². The normalized spacial score (nSPS) is 31.6. The number of carbonyl (C=O) groups is 2. The average molecular weight is 364 g/mol. The second kappa shape index (κ2) is 7.61. The van der Waals surface area contributed by atoms with Crippen LogP contribution in [0.2, 0.25) is 0 Å². The fourth-order valence-electron chi connectivity index (χ4n) is 4.03. The van der Waals surface area contributed by atoms with E-state index < -0.39 is 24.2 Å². The molecule has 1 aliphatic heterocycles. The Labute approximate surface area is 152 Å². The molecule has 0 aromatic heterocycles. The zero-order valence-electron chi connectivity index (χ0n) is 14.6. The molecule has 6 nitrogen and oxygen atoms in total. The fraction of sp³-hybridized carbons (Fsp3) is 0.579. The van der Waals surface area contributed by atoms with Gasteiger partial charge in [0.25, 0.3) is 0 Å². The summed E-state index contributed by atoms with van der Waals surface area (Å²) in [5, 5.41) is 21.5. The number of carbonyl (C=O) groups excluding carboxylic acids is 1. The van der Waals surface area contributed by atoms with E-state index in [0.717, 1.165) is 5.56 Å². The van der Waals surface area contributed by atoms with Crippen molar-refractivity contribution in [1.29, 1.82) is 0 Å². The lowest BCUT2D eigenvalue weighted by Gasteiger charge is -2.29. The van der Waals surface area contributed by atoms with Gasteiger partial charge in [-0.3, -0.25) is 4.79 Å². The molecule has 2 unspecified atom stereocenters. The van der Waals surface area contributed by atoms with Gasteiger partial charge in [0.05, 0.1) is 19.1 Å². The first-order valence-corrected chi connectivity index (χ1v) is 9.06. The fourth-order valence-corrected chi connectivity index (χ4v) is 4.03. The molecular formula is C19H25FN2O4. The molecule has 3 rings (SSSR count). The summed E-state index contributed by atoms with van der Waals surface area (Å²) >= 11 is 0. The van der Waals surface area contributed by atoms with E-state index in [9.17, 15) is 14.7 Å². The molecule has 2 aliphatic rings. The van der Waals surface area contributed by atoms with Crippen molar-refractivity contribution in [1.82, 2.24) is 10.2 Å². The largest absolute Gasteiger partial charge is 0.481 e. The number of alkyl halides is 1. The number of likely N-dealkylation sites (tertiary alicyclic amines) is 1. The zero-order chi connectivity index (χ0) is 18.7. The molecule has 7 heteroatoms. The van der Waals surface area contributed by atoms with Crippen LogP contribution in [0.25, 0.3) is 0 Å². The third-order valence-corrected chi connectivity index (χ3v) is 5.64. The number of nitrogens with zero attached hydrogens (tertiary/aromatic N) is 1. The predicted molar refractivity (Wildman–Crippen MR) is 93.6 cm³/mol. The van der Waals surface area contributed by atoms with Gasteiger partial charge in [-0.2, -0.15) is 0 Å². The molecule has 1 saturated carbocycles. The molecule has 142 valence electrons. The van der Waals surface area contributed by atoms with Gasteiger partial charge in [0, 0.05) is 18.5 Å². The van der Waals surface area contributed by atoms with E-state index in [1.54, 1.807) is 0 Å². The van der Waals surface area contributed by atoms with E-state index in [2.05, 4.69) is 5.32 Å². The maximum absolute atomic E-state index is 15.2. The van der Waals surface area contributed by atoms with Gasteiger partial charge in [0.1, 0.15) is 0 Å². The molecule has 1 aromatic rings. The minimum Gasteiger partial charge on any atom is -0.481 e. The Morgan fingerprint density at radius 3 is 2.42 bits per heavy atom. The van der Waals surface area contributed by atoms with Crippen LogP contribution in [0.3, 0.4) is 0 Å². The number of carboxylic acid groups (broad SMARTS) is 1. The minimum absolute atomic E-state index is 0.0861. The lowest BCUT2D eigenvalue weighted by Crippen LogP contribution is -2.46. The number of halogens is 1. The number of nitrogens with one attached hydrogen (secondary N) is 1. The molecule has 0 bridgehead atoms. The number of aliphatic carboxylic acids is 1. The van der Waals surface area contributed by atoms with Gasteiger partial charge in [0.2, 0.25) is 0 Å². The molecule has 1 aromatic carbocycles. The molecule has 1 saturated heterocycles. The molecule has 2 atom stereocenters. The highest BCUT2D eigenvalue weighted by Gasteiger charge is 2.49. The van der Waals surface area contributed by atoms with Crippen LogP contribution in [-0.2, 0) is 4.79 Å². The van der Waals surface area contributed by atoms with Crippen molar-refractivity contribution in [3.8, 4) is 0 Å². The molecule has 0 spiro atoms. The summed E-state index contributed by atoms with van der Waals surface area (Å²) in [6.45, 7) is -0.587. The summed E-state index contributed by atoms with van der Waals surface area (Å²) in [7, 11) is 0. The summed E-state index contributed by atoms with van der Waals surface area (Å²) in [6, 6.07) is 8.66. The number of hydrogen-bond donors (Lipinski definition) is 3. The number of aliphatic hydroxyl groups excluding tert-OH is 1. The van der Waals surface area contributed by atoms with E-state index in [-0.39, 0.29) is 31.1 Å². The lowest BCUT2D eigenvalue weighted by molar-refractivity contribution is -0.142. The molecular weight excluding hydrogens is 339 g/mol. The van der Waals surface area contributed by atoms with E-state index in [1.165, 1.54) is 4.90 Å². The van der Waals surface area contributed by atoms with Gasteiger partial charge in [-0.1, -0.05) is 30.3 Å². The molecule has 0 radical (unpaired) electrons. The van der Waals surface area contributed by atoms with Gasteiger partial charge in [-0.15, -0.1) is 0 Å². The Kier molecular flexibility index (Phi) is 5.46. The minimum atomic E-state index is -1.86. The van der Waals surface area contributed by atoms with Crippen LogP contribution in [0.5, 0.6) is 0 Å². The Balaban J connectivity index is 1.61. The number of rotatable bonds is 4. The Hall–Kier alpha value is -2.15. The van der Waals surface area contributed by atoms with Gasteiger partial charge in [0.15, 0.2) is 5.67 Å². The number of carboxylic acids is 1. The Morgan fingerprint density at radius 1 is 1.19 bits per heavy atom. The van der Waals surface area contributed by atoms with Crippen LogP contribution >= 0.6 is 0 Å². The third kappa shape index (κ3) is 3.82. The van der Waals surface area contributed by atoms with Crippen LogP contribution < -0.4 is 5.32 Å².